The number of para-hydroxylation sites is 1. The first-order chi connectivity index (χ1) is 23.7. The van der Waals surface area contributed by atoms with Crippen molar-refractivity contribution in [1.29, 1.82) is 0 Å². The van der Waals surface area contributed by atoms with Crippen LogP contribution < -0.4 is 4.90 Å². The molecule has 3 heterocycles. The molecule has 3 aromatic heterocycles. The molecule has 0 saturated heterocycles. The zero-order chi connectivity index (χ0) is 35.5. The summed E-state index contributed by atoms with van der Waals surface area (Å²) in [7, 11) is 0. The number of hydrogen-bond donors (Lipinski definition) is 1. The molecule has 0 fully saturated rings. The number of phenols is 1. The fraction of sp³-hybridized carbons (Fsp3) is 0.250. The summed E-state index contributed by atoms with van der Waals surface area (Å²) < 4.78 is 6.42. The fourth-order valence-electron chi connectivity index (χ4n) is 6.94. The summed E-state index contributed by atoms with van der Waals surface area (Å²) in [5.74, 6) is 1.42. The molecule has 0 atom stereocenters. The first kappa shape index (κ1) is 33.0. The van der Waals surface area contributed by atoms with Crippen molar-refractivity contribution in [3.8, 4) is 28.4 Å². The molecule has 0 spiro atoms. The van der Waals surface area contributed by atoms with Crippen molar-refractivity contribution in [1.82, 2.24) is 15.0 Å². The van der Waals surface area contributed by atoms with Gasteiger partial charge in [-0.3, -0.25) is 4.90 Å². The first-order valence-electron chi connectivity index (χ1n) is 17.2. The number of fused-ring (bicyclic) bond motifs is 3. The molecule has 0 aliphatic rings. The van der Waals surface area contributed by atoms with Crippen molar-refractivity contribution in [2.75, 3.05) is 4.90 Å². The minimum atomic E-state index is -0.304. The van der Waals surface area contributed by atoms with Gasteiger partial charge in [-0.2, -0.15) is 4.98 Å². The van der Waals surface area contributed by atoms with Crippen LogP contribution >= 0.6 is 0 Å². The Morgan fingerprint density at radius 1 is 0.720 bits per heavy atom. The standard InChI is InChI=1S/C44H44N4O2/c1-26-21-27(2)39(28(3)22-26)48(36-19-12-13-20-45-36)31-16-14-15-29(23-31)38-37-32-17-10-11-18-35(32)50-42(37)47-41(46-38)33-24-30(43(4,5)6)25-34(40(33)49)44(7,8)9/h10-25,49H,1-9H3. The van der Waals surface area contributed by atoms with E-state index in [0.29, 0.717) is 17.1 Å². The van der Waals surface area contributed by atoms with E-state index < -0.39 is 0 Å². The average Bonchev–Trinajstić information content (AvgIpc) is 3.44. The maximum Gasteiger partial charge on any atom is 0.231 e. The normalized spacial score (nSPS) is 12.2. The number of aryl methyl sites for hydroxylation is 3. The van der Waals surface area contributed by atoms with Gasteiger partial charge in [0.1, 0.15) is 17.2 Å². The van der Waals surface area contributed by atoms with Crippen LogP contribution in [0, 0.1) is 20.8 Å². The molecule has 50 heavy (non-hydrogen) atoms. The molecule has 0 aliphatic carbocycles. The summed E-state index contributed by atoms with van der Waals surface area (Å²) in [6, 6.07) is 30.9. The molecule has 0 unspecified atom stereocenters. The van der Waals surface area contributed by atoms with Crippen LogP contribution in [0.1, 0.15) is 69.4 Å². The van der Waals surface area contributed by atoms with Crippen LogP contribution in [0.25, 0.3) is 44.7 Å². The Balaban J connectivity index is 1.51. The van der Waals surface area contributed by atoms with Gasteiger partial charge in [-0.05, 0) is 84.7 Å². The van der Waals surface area contributed by atoms with Gasteiger partial charge < -0.3 is 9.52 Å². The molecule has 0 bridgehead atoms. The van der Waals surface area contributed by atoms with Crippen molar-refractivity contribution < 1.29 is 9.52 Å². The molecular formula is C44H44N4O2. The largest absolute Gasteiger partial charge is 0.507 e. The Hall–Kier alpha value is -5.49. The molecule has 1 N–H and O–H groups in total. The van der Waals surface area contributed by atoms with Crippen LogP contribution in [0.15, 0.2) is 102 Å². The van der Waals surface area contributed by atoms with E-state index in [1.807, 2.05) is 54.7 Å². The van der Waals surface area contributed by atoms with Gasteiger partial charge in [0.05, 0.1) is 22.3 Å². The van der Waals surface area contributed by atoms with Gasteiger partial charge >= 0.3 is 0 Å². The van der Waals surface area contributed by atoms with Gasteiger partial charge in [-0.25, -0.2) is 9.97 Å². The van der Waals surface area contributed by atoms with Crippen LogP contribution in [0.4, 0.5) is 17.2 Å². The lowest BCUT2D eigenvalue weighted by atomic mass is 9.79. The molecule has 7 rings (SSSR count). The van der Waals surface area contributed by atoms with Crippen LogP contribution in [0.3, 0.4) is 0 Å². The third-order valence-electron chi connectivity index (χ3n) is 9.38. The fourth-order valence-corrected chi connectivity index (χ4v) is 6.94. The second-order valence-corrected chi connectivity index (χ2v) is 15.4. The van der Waals surface area contributed by atoms with E-state index in [9.17, 15) is 5.11 Å². The summed E-state index contributed by atoms with van der Waals surface area (Å²) in [5.41, 5.74) is 10.5. The number of pyridine rings is 1. The molecule has 7 aromatic rings. The Labute approximate surface area is 294 Å². The molecule has 0 radical (unpaired) electrons. The molecule has 4 aromatic carbocycles. The molecule has 0 aliphatic heterocycles. The SMILES string of the molecule is Cc1cc(C)c(N(c2cccc(-c3nc(-c4cc(C(C)(C)C)cc(C(C)(C)C)c4O)nc4oc5ccccc5c34)c2)c2ccccn2)c(C)c1. The van der Waals surface area contributed by atoms with Gasteiger partial charge in [-0.15, -0.1) is 0 Å². The number of rotatable bonds is 5. The molecule has 6 heteroatoms. The van der Waals surface area contributed by atoms with Crippen molar-refractivity contribution in [3.05, 3.63) is 125 Å². The smallest absolute Gasteiger partial charge is 0.231 e. The van der Waals surface area contributed by atoms with Gasteiger partial charge in [0.15, 0.2) is 5.82 Å². The lowest BCUT2D eigenvalue weighted by Gasteiger charge is -2.28. The first-order valence-corrected chi connectivity index (χ1v) is 17.2. The molecule has 0 amide bonds. The maximum atomic E-state index is 11.9. The minimum Gasteiger partial charge on any atom is -0.507 e. The third kappa shape index (κ3) is 5.89. The molecule has 6 nitrogen and oxygen atoms in total. The third-order valence-corrected chi connectivity index (χ3v) is 9.38. The number of benzene rings is 4. The lowest BCUT2D eigenvalue weighted by Crippen LogP contribution is -2.17. The van der Waals surface area contributed by atoms with Gasteiger partial charge in [0.2, 0.25) is 5.71 Å². The zero-order valence-electron chi connectivity index (χ0n) is 30.4. The van der Waals surface area contributed by atoms with Crippen molar-refractivity contribution in [2.24, 2.45) is 0 Å². The predicted molar refractivity (Wildman–Crippen MR) is 206 cm³/mol. The number of hydrogen-bond acceptors (Lipinski definition) is 6. The lowest BCUT2D eigenvalue weighted by molar-refractivity contribution is 0.446. The monoisotopic (exact) mass is 660 g/mol. The van der Waals surface area contributed by atoms with Gasteiger partial charge in [0.25, 0.3) is 0 Å². The average molecular weight is 661 g/mol. The van der Waals surface area contributed by atoms with E-state index in [-0.39, 0.29) is 16.6 Å². The highest BCUT2D eigenvalue weighted by molar-refractivity contribution is 6.10. The van der Waals surface area contributed by atoms with Gasteiger partial charge in [-0.1, -0.05) is 102 Å². The summed E-state index contributed by atoms with van der Waals surface area (Å²) in [4.78, 5) is 17.3. The summed E-state index contributed by atoms with van der Waals surface area (Å²) in [6.07, 6.45) is 1.83. The van der Waals surface area contributed by atoms with Crippen LogP contribution in [0.2, 0.25) is 0 Å². The summed E-state index contributed by atoms with van der Waals surface area (Å²) in [6.45, 7) is 19.3. The second kappa shape index (κ2) is 12.1. The number of furan rings is 1. The van der Waals surface area contributed by atoms with Crippen molar-refractivity contribution in [3.63, 3.8) is 0 Å². The summed E-state index contributed by atoms with van der Waals surface area (Å²) in [5, 5.41) is 13.6. The van der Waals surface area contributed by atoms with E-state index in [1.54, 1.807) is 0 Å². The number of anilines is 3. The highest BCUT2D eigenvalue weighted by atomic mass is 16.3. The number of aromatic hydroxyl groups is 1. The molecule has 252 valence electrons. The Morgan fingerprint density at radius 3 is 2.12 bits per heavy atom. The van der Waals surface area contributed by atoms with E-state index in [4.69, 9.17) is 19.4 Å². The van der Waals surface area contributed by atoms with Crippen LogP contribution in [-0.2, 0) is 10.8 Å². The molecular weight excluding hydrogens is 617 g/mol. The van der Waals surface area contributed by atoms with Crippen LogP contribution in [0.5, 0.6) is 5.75 Å². The quantitative estimate of drug-likeness (QED) is 0.198. The second-order valence-electron chi connectivity index (χ2n) is 15.4. The minimum absolute atomic E-state index is 0.162. The Bertz CT molecular complexity index is 2370. The molecule has 0 saturated carbocycles. The van der Waals surface area contributed by atoms with E-state index in [0.717, 1.165) is 67.1 Å². The van der Waals surface area contributed by atoms with E-state index in [1.165, 1.54) is 5.56 Å². The zero-order valence-corrected chi connectivity index (χ0v) is 30.4. The van der Waals surface area contributed by atoms with E-state index in [2.05, 4.69) is 110 Å². The number of aromatic nitrogens is 3. The van der Waals surface area contributed by atoms with Crippen molar-refractivity contribution in [2.45, 2.75) is 73.1 Å². The van der Waals surface area contributed by atoms with Crippen LogP contribution in [-0.4, -0.2) is 20.1 Å². The van der Waals surface area contributed by atoms with Gasteiger partial charge in [0, 0.05) is 28.4 Å². The Kier molecular flexibility index (Phi) is 8.01. The highest BCUT2D eigenvalue weighted by Gasteiger charge is 2.28. The Morgan fingerprint density at radius 2 is 1.44 bits per heavy atom. The topological polar surface area (TPSA) is 75.3 Å². The maximum absolute atomic E-state index is 11.9. The van der Waals surface area contributed by atoms with E-state index >= 15 is 0 Å². The predicted octanol–water partition coefficient (Wildman–Crippen LogP) is 11.8. The highest BCUT2D eigenvalue weighted by Crippen LogP contribution is 2.45. The van der Waals surface area contributed by atoms with Crippen molar-refractivity contribution >= 4 is 39.3 Å². The summed E-state index contributed by atoms with van der Waals surface area (Å²) >= 11 is 0. The number of nitrogens with zero attached hydrogens (tertiary/aromatic N) is 4. The number of phenolic OH excluding ortho intramolecular Hbond substituents is 1.